The van der Waals surface area contributed by atoms with Gasteiger partial charge >= 0.3 is 0 Å². The molecule has 0 aromatic rings. The molecule has 0 spiro atoms. The van der Waals surface area contributed by atoms with Crippen LogP contribution in [-0.2, 0) is 0 Å². The van der Waals surface area contributed by atoms with E-state index in [2.05, 4.69) is 27.7 Å². The van der Waals surface area contributed by atoms with Gasteiger partial charge in [0.15, 0.2) is 0 Å². The van der Waals surface area contributed by atoms with Gasteiger partial charge in [0.05, 0.1) is 0 Å². The molecule has 1 aliphatic rings. The largest absolute Gasteiger partial charge is 0.0654 e. The van der Waals surface area contributed by atoms with E-state index in [0.29, 0.717) is 5.41 Å². The van der Waals surface area contributed by atoms with Gasteiger partial charge in [-0.1, -0.05) is 72.6 Å². The van der Waals surface area contributed by atoms with Crippen molar-refractivity contribution in [1.82, 2.24) is 0 Å². The van der Waals surface area contributed by atoms with E-state index in [0.717, 1.165) is 0 Å². The average Bonchev–Trinajstić information content (AvgIpc) is 2.31. The lowest BCUT2D eigenvalue weighted by molar-refractivity contribution is 0.314. The van der Waals surface area contributed by atoms with E-state index in [1.54, 1.807) is 0 Å². The van der Waals surface area contributed by atoms with Crippen molar-refractivity contribution in [2.24, 2.45) is 5.41 Å². The monoisotopic (exact) mass is 198 g/mol. The number of hydrogen-bond donors (Lipinski definition) is 0. The highest BCUT2D eigenvalue weighted by Crippen LogP contribution is 2.33. The van der Waals surface area contributed by atoms with Crippen LogP contribution in [0.3, 0.4) is 0 Å². The Labute approximate surface area is 91.5 Å². The summed E-state index contributed by atoms with van der Waals surface area (Å²) in [5.41, 5.74) is 0.663. The summed E-state index contributed by atoms with van der Waals surface area (Å²) in [5.74, 6) is 0. The predicted octanol–water partition coefficient (Wildman–Crippen LogP) is 5.56. The van der Waals surface area contributed by atoms with E-state index in [9.17, 15) is 0 Å². The second-order valence-corrected chi connectivity index (χ2v) is 5.43. The Kier molecular flexibility index (Phi) is 8.32. The molecule has 0 saturated heterocycles. The summed E-state index contributed by atoms with van der Waals surface area (Å²) in [7, 11) is 0. The molecule has 0 aromatic carbocycles. The van der Waals surface area contributed by atoms with Gasteiger partial charge in [0, 0.05) is 0 Å². The van der Waals surface area contributed by atoms with E-state index in [-0.39, 0.29) is 0 Å². The lowest BCUT2D eigenvalue weighted by Gasteiger charge is -2.21. The van der Waals surface area contributed by atoms with Crippen LogP contribution in [0.15, 0.2) is 0 Å². The molecule has 0 aromatic heterocycles. The van der Waals surface area contributed by atoms with Gasteiger partial charge in [0.1, 0.15) is 0 Å². The summed E-state index contributed by atoms with van der Waals surface area (Å²) in [4.78, 5) is 0. The maximum absolute atomic E-state index is 2.40. The first-order valence-electron chi connectivity index (χ1n) is 6.62. The Morgan fingerprint density at radius 2 is 1.21 bits per heavy atom. The zero-order chi connectivity index (χ0) is 10.9. The molecule has 1 fully saturated rings. The van der Waals surface area contributed by atoms with Gasteiger partial charge in [-0.3, -0.25) is 0 Å². The fraction of sp³-hybridized carbons (Fsp3) is 1.00. The second kappa shape index (κ2) is 8.32. The summed E-state index contributed by atoms with van der Waals surface area (Å²) in [6, 6.07) is 0. The first-order valence-corrected chi connectivity index (χ1v) is 6.62. The van der Waals surface area contributed by atoms with Crippen molar-refractivity contribution in [3.8, 4) is 0 Å². The summed E-state index contributed by atoms with van der Waals surface area (Å²) < 4.78 is 0. The van der Waals surface area contributed by atoms with E-state index < -0.39 is 0 Å². The van der Waals surface area contributed by atoms with Crippen LogP contribution in [0.2, 0.25) is 0 Å². The lowest BCUT2D eigenvalue weighted by atomic mass is 9.85. The van der Waals surface area contributed by atoms with Crippen LogP contribution < -0.4 is 0 Å². The molecule has 1 aliphatic carbocycles. The minimum atomic E-state index is 0.663. The van der Waals surface area contributed by atoms with Crippen molar-refractivity contribution in [1.29, 1.82) is 0 Å². The summed E-state index contributed by atoms with van der Waals surface area (Å²) in [6.45, 7) is 9.23. The Balaban J connectivity index is 0.000000292. The number of rotatable bonds is 2. The molecule has 1 rings (SSSR count). The minimum Gasteiger partial charge on any atom is -0.0654 e. The first-order chi connectivity index (χ1) is 6.62. The molecule has 0 N–H and O–H groups in total. The predicted molar refractivity (Wildman–Crippen MR) is 66.7 cm³/mol. The van der Waals surface area contributed by atoms with E-state index in [4.69, 9.17) is 0 Å². The van der Waals surface area contributed by atoms with E-state index >= 15 is 0 Å². The first kappa shape index (κ1) is 14.0. The third-order valence-corrected chi connectivity index (χ3v) is 3.16. The molecule has 1 saturated carbocycles. The Morgan fingerprint density at radius 1 is 0.786 bits per heavy atom. The lowest BCUT2D eigenvalue weighted by Crippen LogP contribution is -2.08. The van der Waals surface area contributed by atoms with Crippen LogP contribution in [0.25, 0.3) is 0 Å². The Hall–Kier alpha value is 0. The minimum absolute atomic E-state index is 0.663. The van der Waals surface area contributed by atoms with Crippen LogP contribution in [0.4, 0.5) is 0 Å². The van der Waals surface area contributed by atoms with Crippen LogP contribution >= 0.6 is 0 Å². The van der Waals surface area contributed by atoms with Gasteiger partial charge in [0.2, 0.25) is 0 Å². The molecule has 0 bridgehead atoms. The van der Waals surface area contributed by atoms with Crippen molar-refractivity contribution in [2.75, 3.05) is 0 Å². The van der Waals surface area contributed by atoms with Crippen molar-refractivity contribution < 1.29 is 0 Å². The average molecular weight is 198 g/mol. The molecule has 0 heterocycles. The molecule has 86 valence electrons. The smallest absolute Gasteiger partial charge is 0.0354 e. The molecule has 0 radical (unpaired) electrons. The second-order valence-electron chi connectivity index (χ2n) is 5.43. The van der Waals surface area contributed by atoms with Crippen molar-refractivity contribution in [2.45, 2.75) is 85.5 Å². The van der Waals surface area contributed by atoms with Crippen molar-refractivity contribution >= 4 is 0 Å². The maximum atomic E-state index is 2.40. The normalized spacial score (nSPS) is 20.6. The topological polar surface area (TPSA) is 0 Å². The van der Waals surface area contributed by atoms with E-state index in [1.165, 1.54) is 57.8 Å². The third-order valence-electron chi connectivity index (χ3n) is 3.16. The Bertz CT molecular complexity index is 101. The van der Waals surface area contributed by atoms with Crippen LogP contribution in [-0.4, -0.2) is 0 Å². The highest BCUT2D eigenvalue weighted by molar-refractivity contribution is 4.71. The van der Waals surface area contributed by atoms with E-state index in [1.807, 2.05) is 0 Å². The van der Waals surface area contributed by atoms with Crippen LogP contribution in [0, 0.1) is 5.41 Å². The molecule has 14 heavy (non-hydrogen) atoms. The van der Waals surface area contributed by atoms with Gasteiger partial charge in [-0.25, -0.2) is 0 Å². The summed E-state index contributed by atoms with van der Waals surface area (Å²) in [6.07, 6.45) is 12.9. The zero-order valence-corrected chi connectivity index (χ0v) is 10.9. The molecular formula is C14H30. The quantitative estimate of drug-likeness (QED) is 0.509. The third kappa shape index (κ3) is 8.59. The highest BCUT2D eigenvalue weighted by Gasteiger charge is 2.18. The Morgan fingerprint density at radius 3 is 1.50 bits per heavy atom. The summed E-state index contributed by atoms with van der Waals surface area (Å²) >= 11 is 0. The molecular weight excluding hydrogens is 168 g/mol. The van der Waals surface area contributed by atoms with Gasteiger partial charge < -0.3 is 0 Å². The number of unbranched alkanes of at least 4 members (excludes halogenated alkanes) is 2. The van der Waals surface area contributed by atoms with Crippen molar-refractivity contribution in [3.63, 3.8) is 0 Å². The fourth-order valence-electron chi connectivity index (χ4n) is 2.04. The summed E-state index contributed by atoms with van der Waals surface area (Å²) in [5, 5.41) is 0. The molecule has 0 aliphatic heterocycles. The number of hydrogen-bond acceptors (Lipinski definition) is 0. The fourth-order valence-corrected chi connectivity index (χ4v) is 2.04. The molecule has 0 heteroatoms. The molecule has 0 unspecified atom stereocenters. The van der Waals surface area contributed by atoms with Crippen molar-refractivity contribution in [3.05, 3.63) is 0 Å². The molecule has 0 atom stereocenters. The SMILES string of the molecule is CC1(C)CCCCCC1.CCCCC. The van der Waals surface area contributed by atoms with Gasteiger partial charge in [0.25, 0.3) is 0 Å². The molecule has 0 nitrogen and oxygen atoms in total. The van der Waals surface area contributed by atoms with Crippen LogP contribution in [0.5, 0.6) is 0 Å². The zero-order valence-electron chi connectivity index (χ0n) is 10.9. The van der Waals surface area contributed by atoms with Gasteiger partial charge in [-0.15, -0.1) is 0 Å². The van der Waals surface area contributed by atoms with Gasteiger partial charge in [-0.2, -0.15) is 0 Å². The van der Waals surface area contributed by atoms with Crippen LogP contribution in [0.1, 0.15) is 85.5 Å². The maximum Gasteiger partial charge on any atom is -0.0354 e. The molecule has 0 amide bonds. The highest BCUT2D eigenvalue weighted by atomic mass is 14.2. The van der Waals surface area contributed by atoms with Gasteiger partial charge in [-0.05, 0) is 18.3 Å². The standard InChI is InChI=1S/C9H18.C5H12/c1-9(2)7-5-3-4-6-8-9;1-3-5-4-2/h3-8H2,1-2H3;3-5H2,1-2H3.